The number of carbonyl (C=O) groups excluding carboxylic acids is 5. The number of hydrogen-bond donors (Lipinski definition) is 1. The van der Waals surface area contributed by atoms with Crippen LogP contribution in [0.25, 0.3) is 0 Å². The lowest BCUT2D eigenvalue weighted by Crippen LogP contribution is -2.74. The second-order valence-corrected chi connectivity index (χ2v) is 13.6. The first-order valence-electron chi connectivity index (χ1n) is 11.6. The molecular formula is C23H22Cl3N3O9S2. The van der Waals surface area contributed by atoms with Crippen LogP contribution in [0.5, 0.6) is 0 Å². The summed E-state index contributed by atoms with van der Waals surface area (Å²) in [5.74, 6) is -6.60. The third kappa shape index (κ3) is 7.32. The topological polar surface area (TPSA) is 169 Å². The van der Waals surface area contributed by atoms with Gasteiger partial charge in [0, 0.05) is 11.8 Å². The molecular weight excluding hydrogens is 633 g/mol. The summed E-state index contributed by atoms with van der Waals surface area (Å²) in [5.41, 5.74) is -0.631. The average molecular weight is 655 g/mol. The fourth-order valence-corrected chi connectivity index (χ4v) is 6.78. The number of amides is 2. The average Bonchev–Trinajstić information content (AvgIpc) is 3.38. The molecule has 2 aliphatic rings. The summed E-state index contributed by atoms with van der Waals surface area (Å²) in [4.78, 5) is 64.9. The van der Waals surface area contributed by atoms with Gasteiger partial charge in [-0.05, 0) is 24.8 Å². The maximum Gasteiger partial charge on any atom is 0.358 e. The molecule has 1 aromatic rings. The SMILES string of the molecule is CCOC(=O)C(C#N)CC1C(OC(C)=O)=C(C(=O)OCC(Cl)(Cl)Cl)N2C(=O)C(NC(=O)Cc3cccs3)[C@@H]2S1=O. The summed E-state index contributed by atoms with van der Waals surface area (Å²) < 4.78 is 26.9. The number of nitrogens with zero attached hydrogens (tertiary/aromatic N) is 2. The van der Waals surface area contributed by atoms with Crippen molar-refractivity contribution in [1.82, 2.24) is 10.2 Å². The maximum absolute atomic E-state index is 13.8. The summed E-state index contributed by atoms with van der Waals surface area (Å²) in [6.07, 6.45) is -0.573. The van der Waals surface area contributed by atoms with E-state index in [0.717, 1.165) is 11.8 Å². The van der Waals surface area contributed by atoms with Crippen LogP contribution in [0.4, 0.5) is 0 Å². The second-order valence-electron chi connectivity index (χ2n) is 8.38. The first-order valence-corrected chi connectivity index (χ1v) is 14.8. The van der Waals surface area contributed by atoms with Crippen molar-refractivity contribution in [3.05, 3.63) is 33.8 Å². The van der Waals surface area contributed by atoms with E-state index < -0.39 is 91.4 Å². The number of fused-ring (bicyclic) bond motifs is 1. The number of thiophene rings is 1. The van der Waals surface area contributed by atoms with Crippen LogP contribution in [0.1, 0.15) is 25.1 Å². The first-order chi connectivity index (χ1) is 18.8. The Bertz CT molecular complexity index is 1290. The third-order valence-electron chi connectivity index (χ3n) is 5.55. The van der Waals surface area contributed by atoms with Crippen LogP contribution >= 0.6 is 46.1 Å². The zero-order valence-corrected chi connectivity index (χ0v) is 24.8. The number of hydrogen-bond acceptors (Lipinski definition) is 11. The number of nitriles is 1. The summed E-state index contributed by atoms with van der Waals surface area (Å²) >= 11 is 18.4. The Kier molecular flexibility index (Phi) is 10.6. The number of alkyl halides is 3. The van der Waals surface area contributed by atoms with Crippen molar-refractivity contribution in [1.29, 1.82) is 5.26 Å². The minimum Gasteiger partial charge on any atom is -0.465 e. The molecule has 40 heavy (non-hydrogen) atoms. The first kappa shape index (κ1) is 31.8. The lowest BCUT2D eigenvalue weighted by atomic mass is 9.99. The Hall–Kier alpha value is -2.70. The van der Waals surface area contributed by atoms with Crippen molar-refractivity contribution in [2.75, 3.05) is 13.2 Å². The van der Waals surface area contributed by atoms with E-state index in [2.05, 4.69) is 5.32 Å². The van der Waals surface area contributed by atoms with Gasteiger partial charge < -0.3 is 19.5 Å². The number of rotatable bonds is 10. The lowest BCUT2D eigenvalue weighted by molar-refractivity contribution is -0.154. The molecule has 1 N–H and O–H groups in total. The van der Waals surface area contributed by atoms with Gasteiger partial charge in [0.1, 0.15) is 23.9 Å². The number of β-lactam (4-membered cyclic amide) rings is 1. The van der Waals surface area contributed by atoms with Crippen molar-refractivity contribution < 1.29 is 42.4 Å². The Morgan fingerprint density at radius 1 is 1.27 bits per heavy atom. The summed E-state index contributed by atoms with van der Waals surface area (Å²) in [6, 6.07) is 3.88. The van der Waals surface area contributed by atoms with E-state index in [4.69, 9.17) is 49.0 Å². The minimum absolute atomic E-state index is 0.0464. The third-order valence-corrected chi connectivity index (χ3v) is 8.68. The highest BCUT2D eigenvalue weighted by Crippen LogP contribution is 2.41. The predicted octanol–water partition coefficient (Wildman–Crippen LogP) is 1.86. The van der Waals surface area contributed by atoms with Gasteiger partial charge in [0.2, 0.25) is 9.70 Å². The van der Waals surface area contributed by atoms with E-state index in [1.54, 1.807) is 23.6 Å². The van der Waals surface area contributed by atoms with E-state index in [9.17, 15) is 33.4 Å². The fraction of sp³-hybridized carbons (Fsp3) is 0.478. The van der Waals surface area contributed by atoms with E-state index in [-0.39, 0.29) is 13.0 Å². The molecule has 3 heterocycles. The Balaban J connectivity index is 2.03. The van der Waals surface area contributed by atoms with E-state index in [0.29, 0.717) is 4.88 Å². The zero-order valence-electron chi connectivity index (χ0n) is 20.9. The molecule has 0 saturated carbocycles. The molecule has 1 fully saturated rings. The molecule has 0 spiro atoms. The Labute approximate surface area is 249 Å². The number of ether oxygens (including phenoxy) is 3. The monoisotopic (exact) mass is 653 g/mol. The van der Waals surface area contributed by atoms with Crippen LogP contribution in [0.3, 0.4) is 0 Å². The molecule has 0 radical (unpaired) electrons. The van der Waals surface area contributed by atoms with Crippen molar-refractivity contribution in [3.63, 3.8) is 0 Å². The largest absolute Gasteiger partial charge is 0.465 e. The van der Waals surface area contributed by atoms with Crippen molar-refractivity contribution in [2.24, 2.45) is 5.92 Å². The van der Waals surface area contributed by atoms with E-state index in [1.165, 1.54) is 18.3 Å². The Morgan fingerprint density at radius 3 is 2.52 bits per heavy atom. The number of halogens is 3. The van der Waals surface area contributed by atoms with Crippen molar-refractivity contribution in [2.45, 2.75) is 47.1 Å². The van der Waals surface area contributed by atoms with Crippen molar-refractivity contribution >= 4 is 86.7 Å². The molecule has 0 aromatic carbocycles. The van der Waals surface area contributed by atoms with Gasteiger partial charge in [-0.15, -0.1) is 11.3 Å². The van der Waals surface area contributed by atoms with Gasteiger partial charge in [-0.2, -0.15) is 5.26 Å². The van der Waals surface area contributed by atoms with Crippen LogP contribution in [0.2, 0.25) is 0 Å². The zero-order chi connectivity index (χ0) is 29.8. The molecule has 216 valence electrons. The molecule has 4 unspecified atom stereocenters. The summed E-state index contributed by atoms with van der Waals surface area (Å²) in [5, 5.41) is 11.1. The van der Waals surface area contributed by atoms with Crippen LogP contribution in [0.15, 0.2) is 29.0 Å². The normalized spacial score (nSPS) is 22.8. The number of carbonyl (C=O) groups is 5. The molecule has 3 rings (SSSR count). The molecule has 1 saturated heterocycles. The predicted molar refractivity (Wildman–Crippen MR) is 143 cm³/mol. The van der Waals surface area contributed by atoms with Gasteiger partial charge in [0.25, 0.3) is 5.91 Å². The molecule has 2 aliphatic heterocycles. The van der Waals surface area contributed by atoms with Gasteiger partial charge in [0.05, 0.1) is 35.1 Å². The highest BCUT2D eigenvalue weighted by atomic mass is 35.6. The highest BCUT2D eigenvalue weighted by molar-refractivity contribution is 7.86. The van der Waals surface area contributed by atoms with Crippen LogP contribution < -0.4 is 5.32 Å². The van der Waals surface area contributed by atoms with E-state index >= 15 is 0 Å². The lowest BCUT2D eigenvalue weighted by Gasteiger charge is -2.50. The fourth-order valence-electron chi connectivity index (χ4n) is 3.96. The van der Waals surface area contributed by atoms with Gasteiger partial charge in [-0.25, -0.2) is 4.79 Å². The quantitative estimate of drug-likeness (QED) is 0.170. The summed E-state index contributed by atoms with van der Waals surface area (Å²) in [7, 11) is -2.21. The number of nitrogens with one attached hydrogen (secondary N) is 1. The standard InChI is InChI=1S/C23H22Cl3N3O9S2/c1-3-36-21(33)12(9-27)7-14-18(38-11(2)30)17(22(34)37-10-23(24,25)26)29-19(32)16(20(29)40(14)35)28-15(31)8-13-5-4-6-39-13/h4-6,12,14,16,20H,3,7-8,10H2,1-2H3,(H,28,31)/t12?,14?,16?,20-,40?/m0/s1. The van der Waals surface area contributed by atoms with Crippen LogP contribution in [0, 0.1) is 17.2 Å². The highest BCUT2D eigenvalue weighted by Gasteiger charge is 2.61. The molecule has 17 heteroatoms. The minimum atomic E-state index is -2.21. The smallest absolute Gasteiger partial charge is 0.358 e. The van der Waals surface area contributed by atoms with Gasteiger partial charge in [0.15, 0.2) is 11.5 Å². The second kappa shape index (κ2) is 13.3. The molecule has 5 atom stereocenters. The van der Waals surface area contributed by atoms with Gasteiger partial charge >= 0.3 is 17.9 Å². The molecule has 2 amide bonds. The maximum atomic E-state index is 13.8. The molecule has 1 aromatic heterocycles. The Morgan fingerprint density at radius 2 is 1.98 bits per heavy atom. The summed E-state index contributed by atoms with van der Waals surface area (Å²) in [6.45, 7) is 1.70. The molecule has 0 aliphatic carbocycles. The molecule has 12 nitrogen and oxygen atoms in total. The molecule has 0 bridgehead atoms. The van der Waals surface area contributed by atoms with Gasteiger partial charge in [-0.3, -0.25) is 28.3 Å². The van der Waals surface area contributed by atoms with Crippen LogP contribution in [-0.2, 0) is 55.4 Å². The van der Waals surface area contributed by atoms with Gasteiger partial charge in [-0.1, -0.05) is 40.9 Å². The van der Waals surface area contributed by atoms with Crippen molar-refractivity contribution in [3.8, 4) is 6.07 Å². The number of esters is 3. The van der Waals surface area contributed by atoms with Crippen LogP contribution in [-0.4, -0.2) is 72.5 Å². The van der Waals surface area contributed by atoms with E-state index in [1.807, 2.05) is 0 Å².